The van der Waals surface area contributed by atoms with Crippen molar-refractivity contribution in [3.63, 3.8) is 0 Å². The van der Waals surface area contributed by atoms with E-state index in [4.69, 9.17) is 0 Å². The first-order chi connectivity index (χ1) is 8.45. The fourth-order valence-corrected chi connectivity index (χ4v) is 2.17. The van der Waals surface area contributed by atoms with Crippen LogP contribution in [0, 0.1) is 5.82 Å². The number of rotatable bonds is 2. The van der Waals surface area contributed by atoms with E-state index >= 15 is 0 Å². The van der Waals surface area contributed by atoms with E-state index in [9.17, 15) is 14.0 Å². The fourth-order valence-electron chi connectivity index (χ4n) is 2.17. The summed E-state index contributed by atoms with van der Waals surface area (Å²) in [5.74, 6) is -0.581. The predicted octanol–water partition coefficient (Wildman–Crippen LogP) is 1.35. The third-order valence-electron chi connectivity index (χ3n) is 3.20. The maximum atomic E-state index is 13.4. The third-order valence-corrected chi connectivity index (χ3v) is 3.20. The van der Waals surface area contributed by atoms with Crippen LogP contribution >= 0.6 is 0 Å². The van der Waals surface area contributed by atoms with Gasteiger partial charge in [0.2, 0.25) is 5.91 Å². The van der Waals surface area contributed by atoms with Crippen LogP contribution in [0.4, 0.5) is 10.1 Å². The maximum absolute atomic E-state index is 13.4. The number of benzene rings is 1. The molecule has 0 spiro atoms. The number of carbonyl (C=O) groups excluding carboxylic acids is 2. The summed E-state index contributed by atoms with van der Waals surface area (Å²) in [4.78, 5) is 24.4. The van der Waals surface area contributed by atoms with Crippen molar-refractivity contribution in [3.05, 3.63) is 29.6 Å². The molecule has 18 heavy (non-hydrogen) atoms. The maximum Gasteiger partial charge on any atom is 0.245 e. The highest BCUT2D eigenvalue weighted by Gasteiger charge is 2.37. The van der Waals surface area contributed by atoms with Gasteiger partial charge < -0.3 is 10.2 Å². The summed E-state index contributed by atoms with van der Waals surface area (Å²) in [7, 11) is 0. The van der Waals surface area contributed by atoms with Crippen molar-refractivity contribution in [1.29, 1.82) is 0 Å². The van der Waals surface area contributed by atoms with Crippen molar-refractivity contribution in [2.75, 3.05) is 18.0 Å². The highest BCUT2D eigenvalue weighted by molar-refractivity contribution is 5.90. The number of aldehydes is 1. The third kappa shape index (κ3) is 2.08. The molecule has 1 aromatic rings. The van der Waals surface area contributed by atoms with Crippen LogP contribution in [0.15, 0.2) is 18.2 Å². The van der Waals surface area contributed by atoms with Gasteiger partial charge in [-0.2, -0.15) is 0 Å². The lowest BCUT2D eigenvalue weighted by Crippen LogP contribution is -2.62. The number of carbonyl (C=O) groups is 2. The van der Waals surface area contributed by atoms with Crippen LogP contribution in [0.1, 0.15) is 24.2 Å². The molecule has 96 valence electrons. The zero-order valence-electron chi connectivity index (χ0n) is 10.4. The van der Waals surface area contributed by atoms with Crippen LogP contribution in [-0.4, -0.2) is 30.8 Å². The highest BCUT2D eigenvalue weighted by Crippen LogP contribution is 2.27. The molecule has 4 nitrogen and oxygen atoms in total. The lowest BCUT2D eigenvalue weighted by atomic mass is 9.97. The zero-order chi connectivity index (χ0) is 13.3. The average Bonchev–Trinajstić information content (AvgIpc) is 2.31. The van der Waals surface area contributed by atoms with Gasteiger partial charge in [-0.3, -0.25) is 9.59 Å². The molecular weight excluding hydrogens is 235 g/mol. The highest BCUT2D eigenvalue weighted by atomic mass is 19.1. The van der Waals surface area contributed by atoms with Gasteiger partial charge in [0.1, 0.15) is 17.6 Å². The molecule has 5 heteroatoms. The Morgan fingerprint density at radius 3 is 2.78 bits per heavy atom. The Morgan fingerprint density at radius 1 is 1.39 bits per heavy atom. The molecule has 1 amide bonds. The first-order valence-corrected chi connectivity index (χ1v) is 5.77. The van der Waals surface area contributed by atoms with Crippen molar-refractivity contribution < 1.29 is 14.0 Å². The number of hydrogen-bond acceptors (Lipinski definition) is 3. The molecule has 0 unspecified atom stereocenters. The minimum absolute atomic E-state index is 0.106. The molecule has 0 saturated carbocycles. The number of piperazine rings is 1. The van der Waals surface area contributed by atoms with E-state index in [-0.39, 0.29) is 11.5 Å². The molecule has 1 saturated heterocycles. The van der Waals surface area contributed by atoms with Crippen LogP contribution in [0.3, 0.4) is 0 Å². The zero-order valence-corrected chi connectivity index (χ0v) is 10.4. The van der Waals surface area contributed by atoms with Gasteiger partial charge in [0, 0.05) is 24.3 Å². The summed E-state index contributed by atoms with van der Waals surface area (Å²) < 4.78 is 13.4. The van der Waals surface area contributed by atoms with Gasteiger partial charge >= 0.3 is 0 Å². The number of nitrogens with one attached hydrogen (secondary N) is 1. The molecule has 1 N–H and O–H groups in total. The number of amides is 1. The largest absolute Gasteiger partial charge is 0.356 e. The van der Waals surface area contributed by atoms with Crippen LogP contribution in [0.25, 0.3) is 0 Å². The van der Waals surface area contributed by atoms with Crippen LogP contribution in [0.5, 0.6) is 0 Å². The molecule has 1 heterocycles. The van der Waals surface area contributed by atoms with Gasteiger partial charge in [-0.15, -0.1) is 0 Å². The van der Waals surface area contributed by atoms with Crippen molar-refractivity contribution in [1.82, 2.24) is 5.32 Å². The number of hydrogen-bond donors (Lipinski definition) is 1. The Labute approximate surface area is 105 Å². The summed E-state index contributed by atoms with van der Waals surface area (Å²) in [5.41, 5.74) is 0.0652. The molecule has 1 aliphatic heterocycles. The predicted molar refractivity (Wildman–Crippen MR) is 66.2 cm³/mol. The molecule has 0 bridgehead atoms. The smallest absolute Gasteiger partial charge is 0.245 e. The SMILES string of the molecule is CC1(C)C(=O)NCCN1c1cc(F)cc(C=O)c1. The Morgan fingerprint density at radius 2 is 2.11 bits per heavy atom. The Balaban J connectivity index is 2.44. The second-order valence-electron chi connectivity index (χ2n) is 4.83. The van der Waals surface area contributed by atoms with Gasteiger partial charge in [0.25, 0.3) is 0 Å². The second kappa shape index (κ2) is 4.40. The van der Waals surface area contributed by atoms with Crippen LogP contribution < -0.4 is 10.2 Å². The molecule has 1 fully saturated rings. The Hall–Kier alpha value is -1.91. The number of nitrogens with zero attached hydrogens (tertiary/aromatic N) is 1. The van der Waals surface area contributed by atoms with Gasteiger partial charge in [0.05, 0.1) is 0 Å². The summed E-state index contributed by atoms with van der Waals surface area (Å²) >= 11 is 0. The fraction of sp³-hybridized carbons (Fsp3) is 0.385. The van der Waals surface area contributed by atoms with Crippen molar-refractivity contribution in [3.8, 4) is 0 Å². The standard InChI is InChI=1S/C13H15FN2O2/c1-13(2)12(18)15-3-4-16(13)11-6-9(8-17)5-10(14)7-11/h5-8H,3-4H2,1-2H3,(H,15,18). The number of anilines is 1. The quantitative estimate of drug-likeness (QED) is 0.806. The summed E-state index contributed by atoms with van der Waals surface area (Å²) in [6.45, 7) is 4.63. The van der Waals surface area contributed by atoms with E-state index in [0.717, 1.165) is 0 Å². The molecule has 0 aliphatic carbocycles. The summed E-state index contributed by atoms with van der Waals surface area (Å²) in [5, 5.41) is 2.77. The summed E-state index contributed by atoms with van der Waals surface area (Å²) in [6, 6.07) is 4.11. The Bertz CT molecular complexity index is 500. The van der Waals surface area contributed by atoms with E-state index < -0.39 is 11.4 Å². The van der Waals surface area contributed by atoms with Gasteiger partial charge in [-0.25, -0.2) is 4.39 Å². The minimum atomic E-state index is -0.758. The first kappa shape index (κ1) is 12.5. The Kier molecular flexibility index (Phi) is 3.07. The molecule has 0 atom stereocenters. The van der Waals surface area contributed by atoms with E-state index in [1.807, 2.05) is 4.90 Å². The normalized spacial score (nSPS) is 18.4. The van der Waals surface area contributed by atoms with Crippen molar-refractivity contribution >= 4 is 17.9 Å². The molecular formula is C13H15FN2O2. The van der Waals surface area contributed by atoms with Gasteiger partial charge in [-0.1, -0.05) is 0 Å². The van der Waals surface area contributed by atoms with E-state index in [2.05, 4.69) is 5.32 Å². The molecule has 1 aromatic carbocycles. The first-order valence-electron chi connectivity index (χ1n) is 5.77. The van der Waals surface area contributed by atoms with E-state index in [0.29, 0.717) is 25.1 Å². The van der Waals surface area contributed by atoms with E-state index in [1.54, 1.807) is 19.9 Å². The second-order valence-corrected chi connectivity index (χ2v) is 4.83. The summed E-state index contributed by atoms with van der Waals surface area (Å²) in [6.07, 6.45) is 0.601. The van der Waals surface area contributed by atoms with Crippen molar-refractivity contribution in [2.45, 2.75) is 19.4 Å². The van der Waals surface area contributed by atoms with Gasteiger partial charge in [0.15, 0.2) is 0 Å². The topological polar surface area (TPSA) is 49.4 Å². The van der Waals surface area contributed by atoms with Crippen LogP contribution in [0.2, 0.25) is 0 Å². The monoisotopic (exact) mass is 250 g/mol. The molecule has 0 radical (unpaired) electrons. The number of halogens is 1. The van der Waals surface area contributed by atoms with Crippen LogP contribution in [-0.2, 0) is 4.79 Å². The van der Waals surface area contributed by atoms with Gasteiger partial charge in [-0.05, 0) is 32.0 Å². The van der Waals surface area contributed by atoms with Crippen molar-refractivity contribution in [2.24, 2.45) is 0 Å². The average molecular weight is 250 g/mol. The molecule has 2 rings (SSSR count). The lowest BCUT2D eigenvalue weighted by Gasteiger charge is -2.42. The lowest BCUT2D eigenvalue weighted by molar-refractivity contribution is -0.126. The molecule has 1 aliphatic rings. The van der Waals surface area contributed by atoms with E-state index in [1.165, 1.54) is 12.1 Å². The molecule has 0 aromatic heterocycles. The minimum Gasteiger partial charge on any atom is -0.356 e.